The van der Waals surface area contributed by atoms with Crippen LogP contribution in [0.2, 0.25) is 0 Å². The van der Waals surface area contributed by atoms with E-state index in [0.717, 1.165) is 26.2 Å². The van der Waals surface area contributed by atoms with Crippen LogP contribution in [-0.4, -0.2) is 31.6 Å². The minimum atomic E-state index is 0.606. The Morgan fingerprint density at radius 2 is 2.31 bits per heavy atom. The summed E-state index contributed by atoms with van der Waals surface area (Å²) in [5, 5.41) is 3.49. The minimum Gasteiger partial charge on any atom is -0.312 e. The Kier molecular flexibility index (Phi) is 3.75. The lowest BCUT2D eigenvalue weighted by molar-refractivity contribution is 0.328. The third-order valence-electron chi connectivity index (χ3n) is 3.17. The fourth-order valence-corrected chi connectivity index (χ4v) is 2.42. The van der Waals surface area contributed by atoms with Gasteiger partial charge in [0.2, 0.25) is 0 Å². The minimum absolute atomic E-state index is 0.606. The molecule has 1 aliphatic rings. The molecule has 1 atom stereocenters. The third-order valence-corrected chi connectivity index (χ3v) is 3.17. The Bertz CT molecular complexity index is 360. The van der Waals surface area contributed by atoms with Crippen LogP contribution in [0.3, 0.4) is 0 Å². The molecule has 2 nitrogen and oxygen atoms in total. The van der Waals surface area contributed by atoms with Crippen molar-refractivity contribution in [1.29, 1.82) is 0 Å². The summed E-state index contributed by atoms with van der Waals surface area (Å²) in [6, 6.07) is 8.76. The summed E-state index contributed by atoms with van der Waals surface area (Å²) < 4.78 is 0. The molecule has 0 amide bonds. The number of likely N-dealkylation sites (N-methyl/N-ethyl adjacent to an activating group) is 1. The lowest BCUT2D eigenvalue weighted by Gasteiger charge is -2.29. The SMILES string of the molecule is C=CCN(C)CC1CNCc2ccccc21. The Morgan fingerprint density at radius 1 is 1.50 bits per heavy atom. The van der Waals surface area contributed by atoms with Gasteiger partial charge in [0.05, 0.1) is 0 Å². The summed E-state index contributed by atoms with van der Waals surface area (Å²) in [5.41, 5.74) is 2.96. The summed E-state index contributed by atoms with van der Waals surface area (Å²) in [5.74, 6) is 0.606. The molecular weight excluding hydrogens is 196 g/mol. The van der Waals surface area contributed by atoms with Gasteiger partial charge >= 0.3 is 0 Å². The molecule has 0 saturated carbocycles. The highest BCUT2D eigenvalue weighted by molar-refractivity contribution is 5.32. The van der Waals surface area contributed by atoms with E-state index in [4.69, 9.17) is 0 Å². The molecule has 1 unspecified atom stereocenters. The predicted octanol–water partition coefficient (Wildman–Crippen LogP) is 1.99. The van der Waals surface area contributed by atoms with Gasteiger partial charge in [0.25, 0.3) is 0 Å². The van der Waals surface area contributed by atoms with E-state index >= 15 is 0 Å². The third kappa shape index (κ3) is 2.52. The van der Waals surface area contributed by atoms with E-state index in [1.165, 1.54) is 11.1 Å². The average Bonchev–Trinajstić information content (AvgIpc) is 2.30. The van der Waals surface area contributed by atoms with E-state index < -0.39 is 0 Å². The summed E-state index contributed by atoms with van der Waals surface area (Å²) in [7, 11) is 2.15. The Balaban J connectivity index is 2.09. The molecule has 1 aliphatic heterocycles. The molecular formula is C14H20N2. The Hall–Kier alpha value is -1.12. The van der Waals surface area contributed by atoms with Crippen molar-refractivity contribution in [1.82, 2.24) is 10.2 Å². The van der Waals surface area contributed by atoms with Crippen LogP contribution in [0.25, 0.3) is 0 Å². The molecule has 86 valence electrons. The zero-order valence-corrected chi connectivity index (χ0v) is 9.95. The molecule has 0 bridgehead atoms. The first-order valence-electron chi connectivity index (χ1n) is 5.89. The highest BCUT2D eigenvalue weighted by atomic mass is 15.1. The van der Waals surface area contributed by atoms with Crippen LogP contribution in [-0.2, 0) is 6.54 Å². The summed E-state index contributed by atoms with van der Waals surface area (Å²) in [4.78, 5) is 2.32. The van der Waals surface area contributed by atoms with E-state index in [0.29, 0.717) is 5.92 Å². The van der Waals surface area contributed by atoms with Gasteiger partial charge in [-0.3, -0.25) is 0 Å². The number of rotatable bonds is 4. The summed E-state index contributed by atoms with van der Waals surface area (Å²) in [6.07, 6.45) is 1.96. The van der Waals surface area contributed by atoms with Gasteiger partial charge in [-0.2, -0.15) is 0 Å². The lowest BCUT2D eigenvalue weighted by atomic mass is 9.90. The van der Waals surface area contributed by atoms with E-state index in [2.05, 4.69) is 48.1 Å². The molecule has 0 fully saturated rings. The standard InChI is InChI=1S/C14H20N2/c1-3-8-16(2)11-13-10-15-9-12-6-4-5-7-14(12)13/h3-7,13,15H,1,8-11H2,2H3. The molecule has 1 aromatic rings. The lowest BCUT2D eigenvalue weighted by Crippen LogP contribution is -2.35. The molecule has 1 heterocycles. The highest BCUT2D eigenvalue weighted by Crippen LogP contribution is 2.24. The zero-order chi connectivity index (χ0) is 11.4. The van der Waals surface area contributed by atoms with Crippen LogP contribution in [0.5, 0.6) is 0 Å². The van der Waals surface area contributed by atoms with E-state index in [-0.39, 0.29) is 0 Å². The highest BCUT2D eigenvalue weighted by Gasteiger charge is 2.20. The molecule has 2 rings (SSSR count). The Labute approximate surface area is 98.0 Å². The molecule has 16 heavy (non-hydrogen) atoms. The normalized spacial score (nSPS) is 19.5. The van der Waals surface area contributed by atoms with Crippen molar-refractivity contribution in [2.45, 2.75) is 12.5 Å². The first-order valence-corrected chi connectivity index (χ1v) is 5.89. The second-order valence-corrected chi connectivity index (χ2v) is 4.54. The van der Waals surface area contributed by atoms with Crippen molar-refractivity contribution in [2.75, 3.05) is 26.7 Å². The number of fused-ring (bicyclic) bond motifs is 1. The second-order valence-electron chi connectivity index (χ2n) is 4.54. The molecule has 0 aromatic heterocycles. The van der Waals surface area contributed by atoms with Crippen LogP contribution in [0.15, 0.2) is 36.9 Å². The van der Waals surface area contributed by atoms with Gasteiger partial charge in [0.1, 0.15) is 0 Å². The smallest absolute Gasteiger partial charge is 0.0208 e. The van der Waals surface area contributed by atoms with Crippen molar-refractivity contribution >= 4 is 0 Å². The van der Waals surface area contributed by atoms with Crippen molar-refractivity contribution < 1.29 is 0 Å². The van der Waals surface area contributed by atoms with Gasteiger partial charge in [-0.05, 0) is 18.2 Å². The van der Waals surface area contributed by atoms with Gasteiger partial charge in [-0.25, -0.2) is 0 Å². The maximum Gasteiger partial charge on any atom is 0.0208 e. The van der Waals surface area contributed by atoms with E-state index in [1.54, 1.807) is 0 Å². The maximum absolute atomic E-state index is 3.78. The van der Waals surface area contributed by atoms with Crippen LogP contribution in [0.1, 0.15) is 17.0 Å². The number of benzene rings is 1. The molecule has 1 N–H and O–H groups in total. The van der Waals surface area contributed by atoms with E-state index in [1.807, 2.05) is 6.08 Å². The first-order chi connectivity index (χ1) is 7.81. The van der Waals surface area contributed by atoms with Gasteiger partial charge in [0.15, 0.2) is 0 Å². The van der Waals surface area contributed by atoms with Crippen molar-refractivity contribution in [3.8, 4) is 0 Å². The fourth-order valence-electron chi connectivity index (χ4n) is 2.42. The number of hydrogen-bond acceptors (Lipinski definition) is 2. The Morgan fingerprint density at radius 3 is 3.12 bits per heavy atom. The average molecular weight is 216 g/mol. The molecule has 2 heteroatoms. The first kappa shape index (κ1) is 11.4. The molecule has 0 spiro atoms. The quantitative estimate of drug-likeness (QED) is 0.774. The van der Waals surface area contributed by atoms with Crippen molar-refractivity contribution in [3.05, 3.63) is 48.0 Å². The number of nitrogens with one attached hydrogen (secondary N) is 1. The molecule has 0 saturated heterocycles. The van der Waals surface area contributed by atoms with Crippen LogP contribution in [0, 0.1) is 0 Å². The monoisotopic (exact) mass is 216 g/mol. The van der Waals surface area contributed by atoms with Crippen LogP contribution >= 0.6 is 0 Å². The van der Waals surface area contributed by atoms with Gasteiger partial charge < -0.3 is 10.2 Å². The summed E-state index contributed by atoms with van der Waals surface area (Å²) in [6.45, 7) is 7.92. The van der Waals surface area contributed by atoms with Crippen molar-refractivity contribution in [2.24, 2.45) is 0 Å². The predicted molar refractivity (Wildman–Crippen MR) is 68.6 cm³/mol. The number of nitrogens with zero attached hydrogens (tertiary/aromatic N) is 1. The second kappa shape index (κ2) is 5.28. The van der Waals surface area contributed by atoms with Gasteiger partial charge in [-0.1, -0.05) is 30.3 Å². The van der Waals surface area contributed by atoms with Crippen LogP contribution < -0.4 is 5.32 Å². The topological polar surface area (TPSA) is 15.3 Å². The molecule has 0 radical (unpaired) electrons. The van der Waals surface area contributed by atoms with E-state index in [9.17, 15) is 0 Å². The van der Waals surface area contributed by atoms with Crippen LogP contribution in [0.4, 0.5) is 0 Å². The maximum atomic E-state index is 3.78. The van der Waals surface area contributed by atoms with Gasteiger partial charge in [-0.15, -0.1) is 6.58 Å². The number of hydrogen-bond donors (Lipinski definition) is 1. The molecule has 1 aromatic carbocycles. The fraction of sp³-hybridized carbons (Fsp3) is 0.429. The van der Waals surface area contributed by atoms with Gasteiger partial charge in [0, 0.05) is 32.1 Å². The summed E-state index contributed by atoms with van der Waals surface area (Å²) >= 11 is 0. The molecule has 0 aliphatic carbocycles. The zero-order valence-electron chi connectivity index (χ0n) is 9.95. The largest absolute Gasteiger partial charge is 0.312 e. The van der Waals surface area contributed by atoms with Crippen molar-refractivity contribution in [3.63, 3.8) is 0 Å².